The van der Waals surface area contributed by atoms with Gasteiger partial charge in [-0.05, 0) is 53.5 Å². The number of carbonyl (C=O) groups excluding carboxylic acids is 1. The first kappa shape index (κ1) is 16.7. The summed E-state index contributed by atoms with van der Waals surface area (Å²) < 4.78 is 1.04. The molecule has 1 aliphatic rings. The van der Waals surface area contributed by atoms with E-state index in [1.54, 1.807) is 23.6 Å². The lowest BCUT2D eigenvalue weighted by atomic mass is 10.1. The molecule has 0 spiro atoms. The van der Waals surface area contributed by atoms with E-state index in [2.05, 4.69) is 41.5 Å². The Morgan fingerprint density at radius 3 is 3.04 bits per heavy atom. The summed E-state index contributed by atoms with van der Waals surface area (Å²) in [5.74, 6) is 0.634. The molecule has 4 heterocycles. The number of rotatable bonds is 4. The Hall–Kier alpha value is -1.77. The summed E-state index contributed by atoms with van der Waals surface area (Å²) in [6, 6.07) is 6.06. The van der Waals surface area contributed by atoms with Gasteiger partial charge in [0.15, 0.2) is 11.5 Å². The monoisotopic (exact) mass is 419 g/mol. The first-order valence-electron chi connectivity index (χ1n) is 8.33. The van der Waals surface area contributed by atoms with Crippen molar-refractivity contribution in [2.75, 3.05) is 13.1 Å². The zero-order valence-electron chi connectivity index (χ0n) is 13.5. The van der Waals surface area contributed by atoms with Crippen molar-refractivity contribution in [1.82, 2.24) is 25.6 Å². The molecule has 4 rings (SSSR count). The van der Waals surface area contributed by atoms with Gasteiger partial charge in [0.2, 0.25) is 0 Å². The van der Waals surface area contributed by atoms with Gasteiger partial charge in [0.05, 0.1) is 19.7 Å². The van der Waals surface area contributed by atoms with Crippen LogP contribution in [0.2, 0.25) is 0 Å². The van der Waals surface area contributed by atoms with Gasteiger partial charge in [-0.25, -0.2) is 9.97 Å². The lowest BCUT2D eigenvalue weighted by molar-refractivity contribution is 0.0949. The summed E-state index contributed by atoms with van der Waals surface area (Å²) in [6.07, 6.45) is 5.16. The third-order valence-electron chi connectivity index (χ3n) is 4.36. The quantitative estimate of drug-likeness (QED) is 0.605. The number of pyridine rings is 1. The second-order valence-corrected chi connectivity index (χ2v) is 8.57. The Labute approximate surface area is 157 Å². The molecule has 3 aromatic rings. The van der Waals surface area contributed by atoms with Crippen molar-refractivity contribution < 1.29 is 4.79 Å². The first-order valence-corrected chi connectivity index (χ1v) is 9.93. The normalized spacial score (nSPS) is 17.7. The molecule has 0 aromatic carbocycles. The van der Waals surface area contributed by atoms with E-state index < -0.39 is 0 Å². The highest BCUT2D eigenvalue weighted by atomic mass is 79.9. The minimum absolute atomic E-state index is 0.0951. The number of nitrogens with one attached hydrogen (secondary N) is 3. The number of thiophene rings is 1. The fraction of sp³-hybridized carbons (Fsp3) is 0.353. The highest BCUT2D eigenvalue weighted by Crippen LogP contribution is 2.30. The number of aromatic amines is 1. The van der Waals surface area contributed by atoms with Crippen molar-refractivity contribution in [2.24, 2.45) is 0 Å². The van der Waals surface area contributed by atoms with Crippen LogP contribution in [0, 0.1) is 0 Å². The molecule has 0 saturated carbocycles. The van der Waals surface area contributed by atoms with Gasteiger partial charge < -0.3 is 15.6 Å². The predicted octanol–water partition coefficient (Wildman–Crippen LogP) is 3.32. The van der Waals surface area contributed by atoms with E-state index in [0.29, 0.717) is 29.3 Å². The summed E-state index contributed by atoms with van der Waals surface area (Å²) in [4.78, 5) is 25.7. The Kier molecular flexibility index (Phi) is 4.82. The van der Waals surface area contributed by atoms with Crippen molar-refractivity contribution in [1.29, 1.82) is 0 Å². The van der Waals surface area contributed by atoms with E-state index in [1.807, 2.05) is 12.1 Å². The van der Waals surface area contributed by atoms with E-state index in [1.165, 1.54) is 12.8 Å². The van der Waals surface area contributed by atoms with Crippen LogP contribution >= 0.6 is 27.3 Å². The molecule has 3 N–H and O–H groups in total. The van der Waals surface area contributed by atoms with Crippen LogP contribution in [0.4, 0.5) is 0 Å². The molecule has 8 heteroatoms. The van der Waals surface area contributed by atoms with E-state index in [-0.39, 0.29) is 5.91 Å². The maximum absolute atomic E-state index is 12.6. The van der Waals surface area contributed by atoms with Crippen LogP contribution in [0.25, 0.3) is 21.9 Å². The zero-order chi connectivity index (χ0) is 17.2. The lowest BCUT2D eigenvalue weighted by Crippen LogP contribution is -2.43. The largest absolute Gasteiger partial charge is 0.350 e. The van der Waals surface area contributed by atoms with E-state index >= 15 is 0 Å². The van der Waals surface area contributed by atoms with Crippen LogP contribution in [0.5, 0.6) is 0 Å². The number of H-pyrrole nitrogens is 1. The van der Waals surface area contributed by atoms with Gasteiger partial charge in [0.1, 0.15) is 0 Å². The molecular weight excluding hydrogens is 402 g/mol. The van der Waals surface area contributed by atoms with Crippen LogP contribution in [-0.4, -0.2) is 40.0 Å². The molecule has 0 radical (unpaired) electrons. The lowest BCUT2D eigenvalue weighted by Gasteiger charge is -2.23. The number of hydrogen-bond donors (Lipinski definition) is 3. The summed E-state index contributed by atoms with van der Waals surface area (Å²) in [6.45, 7) is 1.67. The average molecular weight is 420 g/mol. The molecule has 0 aliphatic carbocycles. The maximum atomic E-state index is 12.6. The molecule has 1 aliphatic heterocycles. The van der Waals surface area contributed by atoms with Gasteiger partial charge in [-0.2, -0.15) is 0 Å². The van der Waals surface area contributed by atoms with Gasteiger partial charge in [-0.15, -0.1) is 11.3 Å². The molecule has 1 fully saturated rings. The summed E-state index contributed by atoms with van der Waals surface area (Å²) >= 11 is 5.05. The fourth-order valence-corrected chi connectivity index (χ4v) is 4.40. The molecule has 1 amide bonds. The Morgan fingerprint density at radius 1 is 1.36 bits per heavy atom. The smallest absolute Gasteiger partial charge is 0.253 e. The van der Waals surface area contributed by atoms with Crippen molar-refractivity contribution in [3.8, 4) is 10.7 Å². The highest BCUT2D eigenvalue weighted by molar-refractivity contribution is 9.11. The molecule has 0 bridgehead atoms. The third-order valence-corrected chi connectivity index (χ3v) is 6.00. The summed E-state index contributed by atoms with van der Waals surface area (Å²) in [5, 5.41) is 6.47. The van der Waals surface area contributed by atoms with Crippen LogP contribution in [-0.2, 0) is 0 Å². The van der Waals surface area contributed by atoms with Crippen molar-refractivity contribution in [3.05, 3.63) is 33.7 Å². The number of carbonyl (C=O) groups is 1. The third kappa shape index (κ3) is 3.61. The van der Waals surface area contributed by atoms with Crippen molar-refractivity contribution in [2.45, 2.75) is 25.3 Å². The first-order chi connectivity index (χ1) is 12.2. The zero-order valence-corrected chi connectivity index (χ0v) is 15.9. The van der Waals surface area contributed by atoms with Crippen LogP contribution < -0.4 is 10.6 Å². The summed E-state index contributed by atoms with van der Waals surface area (Å²) in [5.41, 5.74) is 1.81. The number of amides is 1. The van der Waals surface area contributed by atoms with Crippen LogP contribution in [0.1, 0.15) is 29.6 Å². The van der Waals surface area contributed by atoms with Gasteiger partial charge in [0, 0.05) is 18.8 Å². The van der Waals surface area contributed by atoms with Crippen LogP contribution in [0.3, 0.4) is 0 Å². The number of halogens is 1. The molecule has 1 saturated heterocycles. The van der Waals surface area contributed by atoms with Crippen LogP contribution in [0.15, 0.2) is 28.2 Å². The SMILES string of the molecule is O=C(NC[C@H]1CCCCN1)c1ccnc2nc(-c3ccc(Br)s3)[nH]c12. The Bertz CT molecular complexity index is 899. The number of fused-ring (bicyclic) bond motifs is 1. The number of nitrogens with zero attached hydrogens (tertiary/aromatic N) is 2. The maximum Gasteiger partial charge on any atom is 0.253 e. The number of piperidine rings is 1. The average Bonchev–Trinajstić information content (AvgIpc) is 3.26. The molecule has 3 aromatic heterocycles. The van der Waals surface area contributed by atoms with Gasteiger partial charge in [-0.3, -0.25) is 4.79 Å². The molecule has 1 atom stereocenters. The number of imidazole rings is 1. The van der Waals surface area contributed by atoms with E-state index in [0.717, 1.165) is 27.5 Å². The molecule has 0 unspecified atom stereocenters. The molecular formula is C17H18BrN5OS. The standard InChI is InChI=1S/C17H18BrN5OS/c18-13-5-4-12(25-13)15-22-14-11(6-8-20-16(14)23-15)17(24)21-9-10-3-1-2-7-19-10/h4-6,8,10,19H,1-3,7,9H2,(H,21,24)(H,20,22,23)/t10-/m1/s1. The topological polar surface area (TPSA) is 82.7 Å². The fourth-order valence-electron chi connectivity index (χ4n) is 3.07. The van der Waals surface area contributed by atoms with Gasteiger partial charge in [0.25, 0.3) is 5.91 Å². The van der Waals surface area contributed by atoms with E-state index in [9.17, 15) is 4.79 Å². The van der Waals surface area contributed by atoms with Gasteiger partial charge >= 0.3 is 0 Å². The summed E-state index contributed by atoms with van der Waals surface area (Å²) in [7, 11) is 0. The molecule has 6 nitrogen and oxygen atoms in total. The number of aromatic nitrogens is 3. The Morgan fingerprint density at radius 2 is 2.28 bits per heavy atom. The highest BCUT2D eigenvalue weighted by Gasteiger charge is 2.18. The van der Waals surface area contributed by atoms with Crippen molar-refractivity contribution in [3.63, 3.8) is 0 Å². The Balaban J connectivity index is 1.56. The second kappa shape index (κ2) is 7.23. The minimum Gasteiger partial charge on any atom is -0.350 e. The minimum atomic E-state index is -0.0951. The number of hydrogen-bond acceptors (Lipinski definition) is 5. The van der Waals surface area contributed by atoms with Crippen molar-refractivity contribution >= 4 is 44.3 Å². The van der Waals surface area contributed by atoms with E-state index in [4.69, 9.17) is 0 Å². The molecule has 130 valence electrons. The predicted molar refractivity (Wildman–Crippen MR) is 103 cm³/mol. The second-order valence-electron chi connectivity index (χ2n) is 6.10. The molecule has 25 heavy (non-hydrogen) atoms. The van der Waals surface area contributed by atoms with Gasteiger partial charge in [-0.1, -0.05) is 6.42 Å².